The van der Waals surface area contributed by atoms with Gasteiger partial charge in [-0.25, -0.2) is 0 Å². The van der Waals surface area contributed by atoms with Crippen LogP contribution in [-0.2, 0) is 6.42 Å². The lowest BCUT2D eigenvalue weighted by molar-refractivity contribution is -0.523. The Morgan fingerprint density at radius 3 is 1.96 bits per heavy atom. The van der Waals surface area contributed by atoms with Crippen LogP contribution in [0.2, 0.25) is 0 Å². The van der Waals surface area contributed by atoms with Gasteiger partial charge in [0.15, 0.2) is 11.8 Å². The predicted octanol–water partition coefficient (Wildman–Crippen LogP) is 3.04. The quantitative estimate of drug-likeness (QED) is 0.744. The summed E-state index contributed by atoms with van der Waals surface area (Å²) in [5.41, 5.74) is 7.19. The second-order valence-electron chi connectivity index (χ2n) is 8.28. The minimum absolute atomic E-state index is 0. The Labute approximate surface area is 159 Å². The van der Waals surface area contributed by atoms with Crippen molar-refractivity contribution in [3.8, 4) is 0 Å². The molecule has 0 radical (unpaired) electrons. The minimum atomic E-state index is 0. The molecular weight excluding hydrogens is 326 g/mol. The van der Waals surface area contributed by atoms with Crippen LogP contribution in [0.1, 0.15) is 75.6 Å². The number of hydrogen-bond acceptors (Lipinski definition) is 0. The van der Waals surface area contributed by atoms with E-state index in [-0.39, 0.29) is 17.9 Å². The zero-order chi connectivity index (χ0) is 17.5. The maximum absolute atomic E-state index is 2.54. The van der Waals surface area contributed by atoms with E-state index in [1.807, 2.05) is 0 Å². The van der Waals surface area contributed by atoms with Gasteiger partial charge in [-0.3, -0.25) is 0 Å². The Morgan fingerprint density at radius 2 is 1.40 bits per heavy atom. The number of nitrogens with zero attached hydrogens (tertiary/aromatic N) is 1. The Hall–Kier alpha value is -1.60. The molecule has 3 rings (SSSR count). The number of halogens is 1. The van der Waals surface area contributed by atoms with E-state index in [4.69, 9.17) is 0 Å². The molecule has 0 fully saturated rings. The van der Waals surface area contributed by atoms with E-state index in [0.717, 1.165) is 6.42 Å². The normalized spacial score (nSPS) is 15.6. The maximum atomic E-state index is 2.54. The lowest BCUT2D eigenvalue weighted by Gasteiger charge is -2.30. The SMILES string of the molecule is CC(C)c1cccc(C(C)C)c1[N+]1=Cc2ccccc2CC1(C)C.[Cl-]. The number of para-hydroxylation sites is 1. The van der Waals surface area contributed by atoms with Crippen LogP contribution >= 0.6 is 0 Å². The number of hydrogen-bond donors (Lipinski definition) is 0. The number of rotatable bonds is 3. The van der Waals surface area contributed by atoms with Crippen molar-refractivity contribution in [1.82, 2.24) is 0 Å². The zero-order valence-corrected chi connectivity index (χ0v) is 17.1. The van der Waals surface area contributed by atoms with Crippen LogP contribution in [0.3, 0.4) is 0 Å². The summed E-state index contributed by atoms with van der Waals surface area (Å²) in [6.45, 7) is 13.9. The predicted molar refractivity (Wildman–Crippen MR) is 104 cm³/mol. The molecule has 0 unspecified atom stereocenters. The highest BCUT2D eigenvalue weighted by Crippen LogP contribution is 2.39. The van der Waals surface area contributed by atoms with E-state index in [1.165, 1.54) is 27.9 Å². The van der Waals surface area contributed by atoms with E-state index < -0.39 is 0 Å². The van der Waals surface area contributed by atoms with Gasteiger partial charge in [-0.15, -0.1) is 0 Å². The van der Waals surface area contributed by atoms with Gasteiger partial charge >= 0.3 is 0 Å². The topological polar surface area (TPSA) is 3.01 Å². The summed E-state index contributed by atoms with van der Waals surface area (Å²) in [7, 11) is 0. The second kappa shape index (κ2) is 7.33. The highest BCUT2D eigenvalue weighted by atomic mass is 35.5. The van der Waals surface area contributed by atoms with Crippen LogP contribution in [0.25, 0.3) is 0 Å². The molecule has 25 heavy (non-hydrogen) atoms. The molecule has 1 aliphatic rings. The van der Waals surface area contributed by atoms with Crippen molar-refractivity contribution in [2.75, 3.05) is 0 Å². The molecule has 134 valence electrons. The van der Waals surface area contributed by atoms with Crippen LogP contribution in [0.5, 0.6) is 0 Å². The van der Waals surface area contributed by atoms with Crippen molar-refractivity contribution in [2.45, 2.75) is 65.3 Å². The van der Waals surface area contributed by atoms with Crippen molar-refractivity contribution >= 4 is 11.9 Å². The Kier molecular flexibility index (Phi) is 5.79. The zero-order valence-electron chi connectivity index (χ0n) is 16.3. The fourth-order valence-corrected chi connectivity index (χ4v) is 3.84. The summed E-state index contributed by atoms with van der Waals surface area (Å²) in [6.07, 6.45) is 3.44. The molecule has 0 amide bonds. The van der Waals surface area contributed by atoms with E-state index in [2.05, 4.69) is 94.8 Å². The van der Waals surface area contributed by atoms with Gasteiger partial charge in [0.05, 0.1) is 0 Å². The van der Waals surface area contributed by atoms with Crippen molar-refractivity contribution < 1.29 is 17.0 Å². The highest BCUT2D eigenvalue weighted by Gasteiger charge is 2.39. The monoisotopic (exact) mass is 355 g/mol. The summed E-state index contributed by atoms with van der Waals surface area (Å²) in [5.74, 6) is 1.03. The van der Waals surface area contributed by atoms with Gasteiger partial charge in [0.25, 0.3) is 0 Å². The first-order chi connectivity index (χ1) is 11.3. The van der Waals surface area contributed by atoms with E-state index in [9.17, 15) is 0 Å². The summed E-state index contributed by atoms with van der Waals surface area (Å²) < 4.78 is 2.54. The Morgan fingerprint density at radius 1 is 0.840 bits per heavy atom. The van der Waals surface area contributed by atoms with Crippen molar-refractivity contribution in [1.29, 1.82) is 0 Å². The fraction of sp³-hybridized carbons (Fsp3) is 0.435. The van der Waals surface area contributed by atoms with Gasteiger partial charge in [-0.05, 0) is 23.5 Å². The summed E-state index contributed by atoms with van der Waals surface area (Å²) in [5, 5.41) is 0. The van der Waals surface area contributed by atoms with Crippen molar-refractivity contribution in [3.05, 3.63) is 64.7 Å². The molecule has 1 aliphatic heterocycles. The van der Waals surface area contributed by atoms with Crippen LogP contribution in [-0.4, -0.2) is 16.3 Å². The summed E-state index contributed by atoms with van der Waals surface area (Å²) in [4.78, 5) is 0. The first-order valence-corrected chi connectivity index (χ1v) is 9.16. The highest BCUT2D eigenvalue weighted by molar-refractivity contribution is 5.80. The molecule has 2 aromatic carbocycles. The standard InChI is InChI=1S/C23H30N.ClH/c1-16(2)20-12-9-13-21(17(3)4)22(20)24-15-19-11-8-7-10-18(19)14-23(24,5)6;/h7-13,15-17H,14H2,1-6H3;1H/q+1;/p-1. The average molecular weight is 356 g/mol. The van der Waals surface area contributed by atoms with Gasteiger partial charge in [-0.2, -0.15) is 4.58 Å². The van der Waals surface area contributed by atoms with Crippen LogP contribution < -0.4 is 12.4 Å². The Balaban J connectivity index is 0.00000225. The lowest BCUT2D eigenvalue weighted by atomic mass is 9.85. The molecule has 0 saturated carbocycles. The molecule has 0 saturated heterocycles. The van der Waals surface area contributed by atoms with Gasteiger partial charge in [0.1, 0.15) is 0 Å². The summed E-state index contributed by atoms with van der Waals surface area (Å²) in [6, 6.07) is 15.6. The van der Waals surface area contributed by atoms with E-state index >= 15 is 0 Å². The van der Waals surface area contributed by atoms with Crippen LogP contribution in [0, 0.1) is 0 Å². The third-order valence-electron chi connectivity index (χ3n) is 5.18. The van der Waals surface area contributed by atoms with Gasteiger partial charge in [-0.1, -0.05) is 64.1 Å². The van der Waals surface area contributed by atoms with Crippen molar-refractivity contribution in [2.24, 2.45) is 0 Å². The number of benzene rings is 2. The molecule has 0 spiro atoms. The molecular formula is C23H30ClN. The second-order valence-corrected chi connectivity index (χ2v) is 8.28. The van der Waals surface area contributed by atoms with Gasteiger partial charge in [0.2, 0.25) is 5.69 Å². The van der Waals surface area contributed by atoms with Crippen LogP contribution in [0.15, 0.2) is 42.5 Å². The molecule has 1 heterocycles. The van der Waals surface area contributed by atoms with E-state index in [0.29, 0.717) is 11.8 Å². The van der Waals surface area contributed by atoms with Gasteiger partial charge in [0, 0.05) is 37.0 Å². The minimum Gasteiger partial charge on any atom is -1.00 e. The first kappa shape index (κ1) is 19.7. The average Bonchev–Trinajstić information content (AvgIpc) is 2.52. The summed E-state index contributed by atoms with van der Waals surface area (Å²) >= 11 is 0. The Bertz CT molecular complexity index is 758. The molecule has 0 aromatic heterocycles. The molecule has 2 aromatic rings. The van der Waals surface area contributed by atoms with Gasteiger partial charge < -0.3 is 12.4 Å². The third kappa shape index (κ3) is 3.67. The lowest BCUT2D eigenvalue weighted by Crippen LogP contribution is -3.00. The fourth-order valence-electron chi connectivity index (χ4n) is 3.84. The molecule has 2 heteroatoms. The first-order valence-electron chi connectivity index (χ1n) is 9.16. The smallest absolute Gasteiger partial charge is 0.212 e. The maximum Gasteiger partial charge on any atom is 0.212 e. The van der Waals surface area contributed by atoms with E-state index in [1.54, 1.807) is 0 Å². The van der Waals surface area contributed by atoms with Crippen LogP contribution in [0.4, 0.5) is 5.69 Å². The number of fused-ring (bicyclic) bond motifs is 1. The largest absolute Gasteiger partial charge is 1.00 e. The molecule has 0 atom stereocenters. The van der Waals surface area contributed by atoms with Crippen molar-refractivity contribution in [3.63, 3.8) is 0 Å². The molecule has 0 N–H and O–H groups in total. The molecule has 0 aliphatic carbocycles. The molecule has 1 nitrogen and oxygen atoms in total. The third-order valence-corrected chi connectivity index (χ3v) is 5.18. The molecule has 0 bridgehead atoms.